The second-order valence-electron chi connectivity index (χ2n) is 2.70. The van der Waals surface area contributed by atoms with Crippen molar-refractivity contribution in [1.29, 1.82) is 0 Å². The molecule has 0 amide bonds. The zero-order valence-corrected chi connectivity index (χ0v) is 8.39. The summed E-state index contributed by atoms with van der Waals surface area (Å²) >= 11 is 1.26. The monoisotopic (exact) mass is 214 g/mol. The first-order valence-electron chi connectivity index (χ1n) is 4.27. The van der Waals surface area contributed by atoms with Crippen molar-refractivity contribution in [3.63, 3.8) is 0 Å². The number of hydrogen-bond donors (Lipinski definition) is 1. The van der Waals surface area contributed by atoms with Crippen LogP contribution in [0.5, 0.6) is 0 Å². The first kappa shape index (κ1) is 11.2. The van der Waals surface area contributed by atoms with Gasteiger partial charge in [-0.05, 0) is 12.5 Å². The minimum Gasteiger partial charge on any atom is -0.396 e. The van der Waals surface area contributed by atoms with Gasteiger partial charge in [-0.1, -0.05) is 12.1 Å². The van der Waals surface area contributed by atoms with Crippen LogP contribution in [-0.2, 0) is 0 Å². The Morgan fingerprint density at radius 1 is 1.50 bits per heavy atom. The summed E-state index contributed by atoms with van der Waals surface area (Å²) < 4.78 is 13.2. The van der Waals surface area contributed by atoms with Gasteiger partial charge in [0.2, 0.25) is 0 Å². The molecule has 14 heavy (non-hydrogen) atoms. The van der Waals surface area contributed by atoms with Gasteiger partial charge in [-0.25, -0.2) is 4.39 Å². The highest BCUT2D eigenvalue weighted by Crippen LogP contribution is 2.25. The number of rotatable bonds is 5. The van der Waals surface area contributed by atoms with Gasteiger partial charge in [-0.3, -0.25) is 4.79 Å². The van der Waals surface area contributed by atoms with Gasteiger partial charge in [0.25, 0.3) is 0 Å². The molecule has 76 valence electrons. The van der Waals surface area contributed by atoms with Crippen LogP contribution in [0.1, 0.15) is 16.8 Å². The lowest BCUT2D eigenvalue weighted by Crippen LogP contribution is -1.92. The maximum absolute atomic E-state index is 13.2. The van der Waals surface area contributed by atoms with Gasteiger partial charge in [0.15, 0.2) is 6.29 Å². The molecule has 0 heterocycles. The van der Waals surface area contributed by atoms with E-state index in [2.05, 4.69) is 0 Å². The van der Waals surface area contributed by atoms with E-state index in [9.17, 15) is 9.18 Å². The number of aliphatic hydroxyl groups is 1. The van der Waals surface area contributed by atoms with Crippen molar-refractivity contribution in [2.75, 3.05) is 12.4 Å². The SMILES string of the molecule is O=Cc1cccc(F)c1SCCCO. The van der Waals surface area contributed by atoms with Crippen LogP contribution >= 0.6 is 11.8 Å². The number of carbonyl (C=O) groups is 1. The fourth-order valence-corrected chi connectivity index (χ4v) is 1.98. The number of halogens is 1. The normalized spacial score (nSPS) is 10.1. The average molecular weight is 214 g/mol. The molecule has 0 bridgehead atoms. The van der Waals surface area contributed by atoms with E-state index in [1.807, 2.05) is 0 Å². The molecule has 0 fully saturated rings. The fraction of sp³-hybridized carbons (Fsp3) is 0.300. The second kappa shape index (κ2) is 5.78. The van der Waals surface area contributed by atoms with E-state index in [0.29, 0.717) is 28.9 Å². The lowest BCUT2D eigenvalue weighted by atomic mass is 10.2. The van der Waals surface area contributed by atoms with E-state index in [-0.39, 0.29) is 12.4 Å². The molecule has 0 aliphatic carbocycles. The Morgan fingerprint density at radius 2 is 2.29 bits per heavy atom. The summed E-state index contributed by atoms with van der Waals surface area (Å²) in [6.45, 7) is 0.0812. The Morgan fingerprint density at radius 3 is 2.93 bits per heavy atom. The van der Waals surface area contributed by atoms with Crippen LogP contribution in [0.15, 0.2) is 23.1 Å². The number of carbonyl (C=O) groups excluding carboxylic acids is 1. The summed E-state index contributed by atoms with van der Waals surface area (Å²) in [5.74, 6) is 0.232. The summed E-state index contributed by atoms with van der Waals surface area (Å²) in [5.41, 5.74) is 0.368. The number of thioether (sulfide) groups is 1. The molecular weight excluding hydrogens is 203 g/mol. The molecule has 0 spiro atoms. The van der Waals surface area contributed by atoms with Crippen molar-refractivity contribution in [2.24, 2.45) is 0 Å². The Kier molecular flexibility index (Phi) is 4.62. The van der Waals surface area contributed by atoms with Crippen LogP contribution < -0.4 is 0 Å². The van der Waals surface area contributed by atoms with E-state index in [0.717, 1.165) is 0 Å². The van der Waals surface area contributed by atoms with Gasteiger partial charge >= 0.3 is 0 Å². The Bertz CT molecular complexity index is 315. The van der Waals surface area contributed by atoms with Crippen molar-refractivity contribution in [3.05, 3.63) is 29.6 Å². The third-order valence-electron chi connectivity index (χ3n) is 1.67. The van der Waals surface area contributed by atoms with Gasteiger partial charge in [0.05, 0.1) is 4.90 Å². The summed E-state index contributed by atoms with van der Waals surface area (Å²) in [6.07, 6.45) is 1.24. The Labute approximate surface area is 86.1 Å². The second-order valence-corrected chi connectivity index (χ2v) is 3.81. The number of aliphatic hydroxyl groups excluding tert-OH is 1. The molecule has 0 atom stereocenters. The lowest BCUT2D eigenvalue weighted by molar-refractivity contribution is 0.112. The predicted molar refractivity (Wildman–Crippen MR) is 54.2 cm³/mol. The maximum atomic E-state index is 13.2. The minimum atomic E-state index is -0.377. The first-order valence-corrected chi connectivity index (χ1v) is 5.25. The van der Waals surface area contributed by atoms with E-state index in [1.54, 1.807) is 6.07 Å². The maximum Gasteiger partial charge on any atom is 0.151 e. The molecule has 0 aromatic heterocycles. The van der Waals surface area contributed by atoms with E-state index in [1.165, 1.54) is 23.9 Å². The molecular formula is C10H11FO2S. The van der Waals surface area contributed by atoms with Crippen LogP contribution in [0.25, 0.3) is 0 Å². The van der Waals surface area contributed by atoms with Crippen molar-refractivity contribution in [1.82, 2.24) is 0 Å². The van der Waals surface area contributed by atoms with Crippen molar-refractivity contribution < 1.29 is 14.3 Å². The summed E-state index contributed by atoms with van der Waals surface area (Å²) in [6, 6.07) is 4.42. The van der Waals surface area contributed by atoms with Gasteiger partial charge < -0.3 is 5.11 Å². The Balaban J connectivity index is 2.77. The highest BCUT2D eigenvalue weighted by molar-refractivity contribution is 7.99. The summed E-state index contributed by atoms with van der Waals surface area (Å²) in [7, 11) is 0. The topological polar surface area (TPSA) is 37.3 Å². The largest absolute Gasteiger partial charge is 0.396 e. The third kappa shape index (κ3) is 2.82. The van der Waals surface area contributed by atoms with Gasteiger partial charge in [0, 0.05) is 17.9 Å². The van der Waals surface area contributed by atoms with Crippen LogP contribution in [0.4, 0.5) is 4.39 Å². The molecule has 1 aromatic rings. The summed E-state index contributed by atoms with van der Waals surface area (Å²) in [4.78, 5) is 11.0. The molecule has 0 radical (unpaired) electrons. The molecule has 1 aromatic carbocycles. The Hall–Kier alpha value is -0.870. The quantitative estimate of drug-likeness (QED) is 0.463. The van der Waals surface area contributed by atoms with Crippen LogP contribution in [0.2, 0.25) is 0 Å². The molecule has 1 N–H and O–H groups in total. The van der Waals surface area contributed by atoms with E-state index >= 15 is 0 Å². The molecule has 2 nitrogen and oxygen atoms in total. The van der Waals surface area contributed by atoms with Crippen molar-refractivity contribution in [2.45, 2.75) is 11.3 Å². The third-order valence-corrected chi connectivity index (χ3v) is 2.89. The van der Waals surface area contributed by atoms with Crippen LogP contribution in [0, 0.1) is 5.82 Å². The smallest absolute Gasteiger partial charge is 0.151 e. The molecule has 4 heteroatoms. The summed E-state index contributed by atoms with van der Waals surface area (Å²) in [5, 5.41) is 8.56. The molecule has 1 rings (SSSR count). The molecule has 0 saturated heterocycles. The van der Waals surface area contributed by atoms with Gasteiger partial charge in [0.1, 0.15) is 5.82 Å². The van der Waals surface area contributed by atoms with E-state index < -0.39 is 0 Å². The first-order chi connectivity index (χ1) is 6.79. The van der Waals surface area contributed by atoms with Crippen LogP contribution in [0.3, 0.4) is 0 Å². The van der Waals surface area contributed by atoms with E-state index in [4.69, 9.17) is 5.11 Å². The molecule has 0 unspecified atom stereocenters. The van der Waals surface area contributed by atoms with Gasteiger partial charge in [-0.2, -0.15) is 0 Å². The highest BCUT2D eigenvalue weighted by Gasteiger charge is 2.07. The zero-order chi connectivity index (χ0) is 10.4. The predicted octanol–water partition coefficient (Wildman–Crippen LogP) is 2.11. The van der Waals surface area contributed by atoms with Crippen LogP contribution in [-0.4, -0.2) is 23.8 Å². The fourth-order valence-electron chi connectivity index (χ4n) is 1.01. The minimum absolute atomic E-state index is 0.0812. The highest BCUT2D eigenvalue weighted by atomic mass is 32.2. The lowest BCUT2D eigenvalue weighted by Gasteiger charge is -2.04. The van der Waals surface area contributed by atoms with Crippen molar-refractivity contribution >= 4 is 18.0 Å². The average Bonchev–Trinajstić information content (AvgIpc) is 2.20. The number of benzene rings is 1. The van der Waals surface area contributed by atoms with Gasteiger partial charge in [-0.15, -0.1) is 11.8 Å². The standard InChI is InChI=1S/C10H11FO2S/c11-9-4-1-3-8(7-13)10(9)14-6-2-5-12/h1,3-4,7,12H,2,5-6H2. The van der Waals surface area contributed by atoms with Crippen molar-refractivity contribution in [3.8, 4) is 0 Å². The zero-order valence-electron chi connectivity index (χ0n) is 7.57. The number of aldehydes is 1. The number of hydrogen-bond acceptors (Lipinski definition) is 3. The molecule has 0 saturated carbocycles. The molecule has 0 aliphatic rings. The molecule has 0 aliphatic heterocycles.